The fraction of sp³-hybridized carbons (Fsp3) is 0. The minimum absolute atomic E-state index is 0.0972. The Morgan fingerprint density at radius 1 is 1.18 bits per heavy atom. The summed E-state index contributed by atoms with van der Waals surface area (Å²) in [6.45, 7) is 0. The number of nitrogens with two attached hydrogens (primary N) is 1. The molecule has 1 aromatic carbocycles. The number of rotatable bonds is 0. The fourth-order valence-electron chi connectivity index (χ4n) is 1.87. The second-order valence-electron chi connectivity index (χ2n) is 3.43. The minimum Gasteiger partial charge on any atom is -0.404 e. The molecule has 0 aromatic heterocycles. The molecule has 1 aliphatic rings. The van der Waals surface area contributed by atoms with E-state index < -0.39 is 0 Å². The average molecular weight is 221 g/mol. The van der Waals surface area contributed by atoms with Gasteiger partial charge in [0.05, 0.1) is 0 Å². The van der Waals surface area contributed by atoms with Crippen LogP contribution < -0.4 is 5.73 Å². The van der Waals surface area contributed by atoms with Gasteiger partial charge in [-0.1, -0.05) is 24.3 Å². The summed E-state index contributed by atoms with van der Waals surface area (Å²) >= 11 is 0. The number of hydrogen-bond acceptors (Lipinski definition) is 4. The number of hydrogen-bond donors (Lipinski definition) is 1. The molecule has 0 unspecified atom stereocenters. The van der Waals surface area contributed by atoms with Gasteiger partial charge in [0.25, 0.3) is 0 Å². The first kappa shape index (κ1) is 10.7. The molecule has 4 heteroatoms. The van der Waals surface area contributed by atoms with E-state index in [0.29, 0.717) is 16.7 Å². The van der Waals surface area contributed by atoms with Gasteiger partial charge in [-0.05, 0) is 5.56 Å². The summed E-state index contributed by atoms with van der Waals surface area (Å²) in [6, 6.07) is 10.4. The molecule has 2 rings (SSSR count). The Morgan fingerprint density at radius 2 is 1.76 bits per heavy atom. The first-order chi connectivity index (χ1) is 8.24. The van der Waals surface area contributed by atoms with Gasteiger partial charge in [0, 0.05) is 22.9 Å². The summed E-state index contributed by atoms with van der Waals surface area (Å²) in [6.07, 6.45) is 1.15. The highest BCUT2D eigenvalue weighted by Crippen LogP contribution is 2.37. The van der Waals surface area contributed by atoms with Crippen molar-refractivity contribution in [1.29, 1.82) is 10.5 Å². The Labute approximate surface area is 97.9 Å². The molecular weight excluding hydrogens is 214 g/mol. The van der Waals surface area contributed by atoms with Crippen LogP contribution in [-0.2, 0) is 0 Å². The number of nitrogens with zero attached hydrogens (tertiary/aromatic N) is 2. The van der Waals surface area contributed by atoms with Crippen LogP contribution >= 0.6 is 0 Å². The lowest BCUT2D eigenvalue weighted by molar-refractivity contribution is 0.104. The van der Waals surface area contributed by atoms with Gasteiger partial charge >= 0.3 is 0 Å². The first-order valence-corrected chi connectivity index (χ1v) is 4.85. The van der Waals surface area contributed by atoms with E-state index in [9.17, 15) is 4.79 Å². The van der Waals surface area contributed by atoms with E-state index in [4.69, 9.17) is 16.3 Å². The largest absolute Gasteiger partial charge is 0.404 e. The van der Waals surface area contributed by atoms with E-state index >= 15 is 0 Å². The number of carbonyl (C=O) groups is 1. The predicted octanol–water partition coefficient (Wildman–Crippen LogP) is 1.53. The van der Waals surface area contributed by atoms with E-state index in [2.05, 4.69) is 0 Å². The molecule has 0 spiro atoms. The third-order valence-electron chi connectivity index (χ3n) is 2.60. The van der Waals surface area contributed by atoms with Crippen LogP contribution in [0.1, 0.15) is 15.9 Å². The molecule has 0 heterocycles. The van der Waals surface area contributed by atoms with Crippen LogP contribution in [0.4, 0.5) is 0 Å². The van der Waals surface area contributed by atoms with E-state index in [1.165, 1.54) is 0 Å². The molecule has 1 aliphatic carbocycles. The van der Waals surface area contributed by atoms with Crippen LogP contribution in [-0.4, -0.2) is 5.78 Å². The van der Waals surface area contributed by atoms with Gasteiger partial charge in [-0.15, -0.1) is 0 Å². The molecule has 80 valence electrons. The average Bonchev–Trinajstić information content (AvgIpc) is 2.65. The smallest absolute Gasteiger partial charge is 0.195 e. The molecule has 0 fully saturated rings. The minimum atomic E-state index is -0.249. The van der Waals surface area contributed by atoms with Crippen LogP contribution in [0.15, 0.2) is 41.6 Å². The standard InChI is InChI=1S/C13H7N3O/c14-5-8(6-15)12-9-3-1-2-4-10(9)13(17)11(12)7-16/h1-4,7H,16H2/b11-7-. The number of ketones is 1. The maximum atomic E-state index is 12.0. The molecule has 0 bridgehead atoms. The monoisotopic (exact) mass is 221 g/mol. The van der Waals surface area contributed by atoms with Crippen LogP contribution in [0.25, 0.3) is 5.57 Å². The normalized spacial score (nSPS) is 15.3. The lowest BCUT2D eigenvalue weighted by atomic mass is 10.0. The highest BCUT2D eigenvalue weighted by molar-refractivity contribution is 6.27. The quantitative estimate of drug-likeness (QED) is 0.531. The summed E-state index contributed by atoms with van der Waals surface area (Å²) in [5.41, 5.74) is 6.92. The SMILES string of the molecule is N#CC(C#N)=C1/C(=C/N)C(=O)c2ccccc21. The third-order valence-corrected chi connectivity index (χ3v) is 2.60. The second-order valence-corrected chi connectivity index (χ2v) is 3.43. The van der Waals surface area contributed by atoms with E-state index in [1.807, 2.05) is 0 Å². The Bertz CT molecular complexity index is 638. The predicted molar refractivity (Wildman–Crippen MR) is 61.2 cm³/mol. The molecule has 0 saturated carbocycles. The number of nitriles is 2. The van der Waals surface area contributed by atoms with Crippen LogP contribution in [0, 0.1) is 22.7 Å². The zero-order valence-corrected chi connectivity index (χ0v) is 8.77. The summed E-state index contributed by atoms with van der Waals surface area (Å²) in [7, 11) is 0. The van der Waals surface area contributed by atoms with Crippen molar-refractivity contribution in [1.82, 2.24) is 0 Å². The van der Waals surface area contributed by atoms with Gasteiger partial charge in [-0.3, -0.25) is 4.79 Å². The second kappa shape index (κ2) is 3.96. The Kier molecular flexibility index (Phi) is 2.48. The van der Waals surface area contributed by atoms with Crippen molar-refractivity contribution in [3.8, 4) is 12.1 Å². The first-order valence-electron chi connectivity index (χ1n) is 4.85. The molecule has 0 amide bonds. The summed E-state index contributed by atoms with van der Waals surface area (Å²) in [4.78, 5) is 12.0. The molecule has 0 radical (unpaired) electrons. The number of Topliss-reactive ketones (excluding diaryl/α,β-unsaturated/α-hetero) is 1. The Morgan fingerprint density at radius 3 is 2.29 bits per heavy atom. The van der Waals surface area contributed by atoms with Gasteiger partial charge in [-0.25, -0.2) is 0 Å². The molecule has 17 heavy (non-hydrogen) atoms. The number of fused-ring (bicyclic) bond motifs is 1. The highest BCUT2D eigenvalue weighted by Gasteiger charge is 2.31. The molecule has 4 nitrogen and oxygen atoms in total. The zero-order valence-electron chi connectivity index (χ0n) is 8.77. The van der Waals surface area contributed by atoms with E-state index in [1.54, 1.807) is 36.4 Å². The lowest BCUT2D eigenvalue weighted by Crippen LogP contribution is -1.98. The summed E-state index contributed by atoms with van der Waals surface area (Å²) in [5, 5.41) is 17.8. The van der Waals surface area contributed by atoms with Gasteiger partial charge < -0.3 is 5.73 Å². The number of carbonyl (C=O) groups excluding carboxylic acids is 1. The van der Waals surface area contributed by atoms with E-state index in [0.717, 1.165) is 6.20 Å². The highest BCUT2D eigenvalue weighted by atomic mass is 16.1. The molecule has 0 saturated heterocycles. The molecule has 0 atom stereocenters. The topological polar surface area (TPSA) is 90.7 Å². The van der Waals surface area contributed by atoms with Gasteiger partial charge in [-0.2, -0.15) is 10.5 Å². The number of benzene rings is 1. The van der Waals surface area contributed by atoms with Crippen molar-refractivity contribution >= 4 is 11.4 Å². The summed E-state index contributed by atoms with van der Waals surface area (Å²) in [5.74, 6) is -0.249. The third kappa shape index (κ3) is 1.40. The van der Waals surface area contributed by atoms with Crippen molar-refractivity contribution in [3.05, 3.63) is 52.7 Å². The fourth-order valence-corrected chi connectivity index (χ4v) is 1.87. The van der Waals surface area contributed by atoms with Crippen molar-refractivity contribution in [3.63, 3.8) is 0 Å². The number of allylic oxidation sites excluding steroid dienone is 3. The zero-order chi connectivity index (χ0) is 12.4. The molecule has 2 N–H and O–H groups in total. The van der Waals surface area contributed by atoms with Crippen molar-refractivity contribution in [2.45, 2.75) is 0 Å². The van der Waals surface area contributed by atoms with Crippen molar-refractivity contribution < 1.29 is 4.79 Å². The van der Waals surface area contributed by atoms with Crippen LogP contribution in [0.3, 0.4) is 0 Å². The van der Waals surface area contributed by atoms with Crippen molar-refractivity contribution in [2.24, 2.45) is 5.73 Å². The maximum Gasteiger partial charge on any atom is 0.195 e. The lowest BCUT2D eigenvalue weighted by Gasteiger charge is -1.99. The molecule has 0 aliphatic heterocycles. The Balaban J connectivity index is 2.87. The summed E-state index contributed by atoms with van der Waals surface area (Å²) < 4.78 is 0. The van der Waals surface area contributed by atoms with Gasteiger partial charge in [0.15, 0.2) is 5.78 Å². The maximum absolute atomic E-state index is 12.0. The van der Waals surface area contributed by atoms with Gasteiger partial charge in [0.2, 0.25) is 0 Å². The van der Waals surface area contributed by atoms with Gasteiger partial charge in [0.1, 0.15) is 17.7 Å². The molecule has 1 aromatic rings. The van der Waals surface area contributed by atoms with Crippen LogP contribution in [0.2, 0.25) is 0 Å². The molecular formula is C13H7N3O. The Hall–Kier alpha value is -2.85. The van der Waals surface area contributed by atoms with Crippen LogP contribution in [0.5, 0.6) is 0 Å². The van der Waals surface area contributed by atoms with Crippen molar-refractivity contribution in [2.75, 3.05) is 0 Å². The van der Waals surface area contributed by atoms with E-state index in [-0.39, 0.29) is 16.9 Å².